The van der Waals surface area contributed by atoms with Gasteiger partial charge in [-0.1, -0.05) is 66.7 Å². The molecule has 0 atom stereocenters. The van der Waals surface area contributed by atoms with Crippen molar-refractivity contribution in [3.05, 3.63) is 72.3 Å². The van der Waals surface area contributed by atoms with Gasteiger partial charge in [-0.2, -0.15) is 0 Å². The van der Waals surface area contributed by atoms with Crippen LogP contribution in [0.5, 0.6) is 0 Å². The van der Waals surface area contributed by atoms with Crippen molar-refractivity contribution in [3.63, 3.8) is 0 Å². The van der Waals surface area contributed by atoms with Crippen molar-refractivity contribution in [2.24, 2.45) is 0 Å². The minimum atomic E-state index is -1.13. The Balaban J connectivity index is 0.00000146. The summed E-state index contributed by atoms with van der Waals surface area (Å²) < 4.78 is 0. The molecule has 5 aromatic rings. The van der Waals surface area contributed by atoms with Crippen LogP contribution in [0, 0.1) is 0 Å². The molecule has 2 nitrogen and oxygen atoms in total. The molecule has 5 aromatic carbocycles. The van der Waals surface area contributed by atoms with Gasteiger partial charge < -0.3 is 9.90 Å². The predicted molar refractivity (Wildman–Crippen MR) is 92.0 cm³/mol. The summed E-state index contributed by atoms with van der Waals surface area (Å²) in [6.07, 6.45) is 0. The van der Waals surface area contributed by atoms with Crippen LogP contribution in [0.3, 0.4) is 0 Å². The van der Waals surface area contributed by atoms with Crippen LogP contribution in [0.1, 0.15) is 10.4 Å². The van der Waals surface area contributed by atoms with E-state index in [1.54, 1.807) is 6.07 Å². The topological polar surface area (TPSA) is 40.1 Å². The molecular formula is C21H11KO2. The monoisotopic (exact) mass is 334 g/mol. The van der Waals surface area contributed by atoms with E-state index >= 15 is 0 Å². The number of rotatable bonds is 1. The van der Waals surface area contributed by atoms with Crippen LogP contribution in [0.15, 0.2) is 66.7 Å². The molecule has 108 valence electrons. The van der Waals surface area contributed by atoms with Crippen LogP contribution in [0.25, 0.3) is 43.1 Å². The van der Waals surface area contributed by atoms with Crippen molar-refractivity contribution in [2.75, 3.05) is 0 Å². The number of carbonyl (C=O) groups is 1. The molecule has 0 aromatic heterocycles. The van der Waals surface area contributed by atoms with Crippen LogP contribution in [-0.4, -0.2) is 5.97 Å². The molecule has 0 unspecified atom stereocenters. The maximum Gasteiger partial charge on any atom is 1.00 e. The van der Waals surface area contributed by atoms with Crippen LogP contribution in [0.2, 0.25) is 0 Å². The molecule has 0 spiro atoms. The standard InChI is InChI=1S/C21H12O2.K/c22-21(23)17-11-10-13-6-2-8-15-14-7-1-4-12-5-3-9-16(18(12)14)20(17)19(13)15;/h1-11H,(H,22,23);/q;+1/p-1. The molecular weight excluding hydrogens is 323 g/mol. The second kappa shape index (κ2) is 5.79. The van der Waals surface area contributed by atoms with Gasteiger partial charge in [0.05, 0.1) is 5.97 Å². The van der Waals surface area contributed by atoms with Crippen LogP contribution in [-0.2, 0) is 0 Å². The van der Waals surface area contributed by atoms with Crippen molar-refractivity contribution >= 4 is 49.1 Å². The number of carbonyl (C=O) groups excluding carboxylic acids is 1. The Labute approximate surface area is 180 Å². The summed E-state index contributed by atoms with van der Waals surface area (Å²) >= 11 is 0. The average Bonchev–Trinajstić information content (AvgIpc) is 2.58. The summed E-state index contributed by atoms with van der Waals surface area (Å²) in [6.45, 7) is 0. The third kappa shape index (κ3) is 2.06. The average molecular weight is 334 g/mol. The third-order valence-corrected chi connectivity index (χ3v) is 4.73. The zero-order chi connectivity index (χ0) is 15.6. The van der Waals surface area contributed by atoms with E-state index in [1.165, 1.54) is 0 Å². The Bertz CT molecular complexity index is 1240. The SMILES string of the molecule is O=C([O-])c1ccc2cccc3c4cccc5cccc(c1c23)c54.[K+]. The quantitative estimate of drug-likeness (QED) is 0.262. The molecule has 0 N–H and O–H groups in total. The van der Waals surface area contributed by atoms with E-state index in [2.05, 4.69) is 24.3 Å². The summed E-state index contributed by atoms with van der Waals surface area (Å²) in [5.74, 6) is -1.13. The fraction of sp³-hybridized carbons (Fsp3) is 0. The Morgan fingerprint density at radius 3 is 1.79 bits per heavy atom. The summed E-state index contributed by atoms with van der Waals surface area (Å²) in [5, 5.41) is 20.0. The summed E-state index contributed by atoms with van der Waals surface area (Å²) in [5.41, 5.74) is 0.256. The van der Waals surface area contributed by atoms with Gasteiger partial charge in [0, 0.05) is 5.56 Å². The first kappa shape index (κ1) is 16.0. The Hall–Kier alpha value is -1.49. The number of benzene rings is 5. The van der Waals surface area contributed by atoms with Gasteiger partial charge >= 0.3 is 51.4 Å². The van der Waals surface area contributed by atoms with Crippen LogP contribution < -0.4 is 56.5 Å². The van der Waals surface area contributed by atoms with E-state index in [-0.39, 0.29) is 56.9 Å². The number of carboxylic acids is 1. The van der Waals surface area contributed by atoms with Crippen molar-refractivity contribution < 1.29 is 61.3 Å². The normalized spacial score (nSPS) is 11.3. The van der Waals surface area contributed by atoms with Crippen molar-refractivity contribution in [3.8, 4) is 0 Å². The molecule has 0 aliphatic heterocycles. The number of fused-ring (bicyclic) bond motifs is 2. The van der Waals surface area contributed by atoms with Crippen LogP contribution in [0.4, 0.5) is 0 Å². The largest absolute Gasteiger partial charge is 1.00 e. The molecule has 0 saturated carbocycles. The van der Waals surface area contributed by atoms with Gasteiger partial charge in [-0.3, -0.25) is 0 Å². The maximum atomic E-state index is 11.7. The van der Waals surface area contributed by atoms with Gasteiger partial charge in [0.1, 0.15) is 0 Å². The van der Waals surface area contributed by atoms with Crippen molar-refractivity contribution in [1.29, 1.82) is 0 Å². The summed E-state index contributed by atoms with van der Waals surface area (Å²) in [6, 6.07) is 21.9. The zero-order valence-electron chi connectivity index (χ0n) is 13.2. The van der Waals surface area contributed by atoms with E-state index in [1.807, 2.05) is 36.4 Å². The zero-order valence-corrected chi connectivity index (χ0v) is 16.3. The maximum absolute atomic E-state index is 11.7. The molecule has 0 bridgehead atoms. The van der Waals surface area contributed by atoms with Crippen LogP contribution >= 0.6 is 0 Å². The van der Waals surface area contributed by atoms with E-state index < -0.39 is 5.97 Å². The van der Waals surface area contributed by atoms with E-state index in [0.29, 0.717) is 0 Å². The Morgan fingerprint density at radius 1 is 0.625 bits per heavy atom. The fourth-order valence-corrected chi connectivity index (χ4v) is 3.83. The molecule has 0 heterocycles. The number of hydrogen-bond donors (Lipinski definition) is 0. The minimum Gasteiger partial charge on any atom is -0.545 e. The second-order valence-electron chi connectivity index (χ2n) is 5.89. The molecule has 0 amide bonds. The van der Waals surface area contributed by atoms with Gasteiger partial charge in [0.15, 0.2) is 0 Å². The molecule has 0 aliphatic rings. The Kier molecular flexibility index (Phi) is 3.86. The summed E-state index contributed by atoms with van der Waals surface area (Å²) in [4.78, 5) is 11.7. The number of carboxylic acid groups (broad SMARTS) is 1. The van der Waals surface area contributed by atoms with Gasteiger partial charge in [-0.05, 0) is 43.1 Å². The molecule has 0 fully saturated rings. The van der Waals surface area contributed by atoms with Crippen molar-refractivity contribution in [1.82, 2.24) is 0 Å². The molecule has 24 heavy (non-hydrogen) atoms. The first-order chi connectivity index (χ1) is 11.3. The second-order valence-corrected chi connectivity index (χ2v) is 5.89. The van der Waals surface area contributed by atoms with Gasteiger partial charge in [0.2, 0.25) is 0 Å². The molecule has 3 heteroatoms. The smallest absolute Gasteiger partial charge is 0.545 e. The molecule has 0 aliphatic carbocycles. The summed E-state index contributed by atoms with van der Waals surface area (Å²) in [7, 11) is 0. The Morgan fingerprint density at radius 2 is 1.17 bits per heavy atom. The molecule has 5 rings (SSSR count). The van der Waals surface area contributed by atoms with Gasteiger partial charge in [0.25, 0.3) is 0 Å². The molecule has 0 radical (unpaired) electrons. The van der Waals surface area contributed by atoms with E-state index in [4.69, 9.17) is 0 Å². The first-order valence-electron chi connectivity index (χ1n) is 7.55. The van der Waals surface area contributed by atoms with E-state index in [9.17, 15) is 9.90 Å². The van der Waals surface area contributed by atoms with E-state index in [0.717, 1.165) is 43.1 Å². The first-order valence-corrected chi connectivity index (χ1v) is 7.55. The minimum absolute atomic E-state index is 0. The van der Waals surface area contributed by atoms with Crippen molar-refractivity contribution in [2.45, 2.75) is 0 Å². The molecule has 0 saturated heterocycles. The number of hydrogen-bond acceptors (Lipinski definition) is 2. The van der Waals surface area contributed by atoms with Gasteiger partial charge in [-0.25, -0.2) is 0 Å². The predicted octanol–water partition coefficient (Wildman–Crippen LogP) is 1.10. The third-order valence-electron chi connectivity index (χ3n) is 4.73. The van der Waals surface area contributed by atoms with Gasteiger partial charge in [-0.15, -0.1) is 0 Å². The number of aromatic carboxylic acids is 1. The fourth-order valence-electron chi connectivity index (χ4n) is 3.83.